The molecule has 1 aliphatic carbocycles. The van der Waals surface area contributed by atoms with Gasteiger partial charge in [-0.1, -0.05) is 0 Å². The van der Waals surface area contributed by atoms with Crippen molar-refractivity contribution in [2.45, 2.75) is 49.5 Å². The maximum atomic E-state index is 13.4. The van der Waals surface area contributed by atoms with Gasteiger partial charge in [-0.3, -0.25) is 18.9 Å². The first-order valence-corrected chi connectivity index (χ1v) is 17.5. The van der Waals surface area contributed by atoms with Crippen molar-refractivity contribution in [1.29, 1.82) is 0 Å². The topological polar surface area (TPSA) is 231 Å². The number of nitrogens with two attached hydrogens (primary N) is 1. The number of aliphatic hydroxyl groups is 1. The van der Waals surface area contributed by atoms with Crippen molar-refractivity contribution in [3.8, 4) is 0 Å². The molecule has 6 N–H and O–H groups in total. The fraction of sp³-hybridized carbons (Fsp3) is 0.550. The zero-order valence-electron chi connectivity index (χ0n) is 21.0. The van der Waals surface area contributed by atoms with Crippen LogP contribution in [0.15, 0.2) is 29.7 Å². The number of rotatable bonds is 3. The molecule has 0 spiro atoms. The number of aliphatic hydroxyl groups excluding tert-OH is 1. The third kappa shape index (κ3) is 6.21. The van der Waals surface area contributed by atoms with E-state index >= 15 is 0 Å². The Hall–Kier alpha value is -2.02. The van der Waals surface area contributed by atoms with E-state index in [4.69, 9.17) is 52.6 Å². The summed E-state index contributed by atoms with van der Waals surface area (Å²) in [4.78, 5) is 41.7. The first-order chi connectivity index (χ1) is 19.5. The number of nitrogens with one attached hydrogen (secondary N) is 2. The van der Waals surface area contributed by atoms with Crippen LogP contribution in [0.1, 0.15) is 19.1 Å². The molecule has 17 nitrogen and oxygen atoms in total. The second-order valence-corrected chi connectivity index (χ2v) is 15.2. The van der Waals surface area contributed by atoms with Crippen molar-refractivity contribution >= 4 is 60.5 Å². The Balaban J connectivity index is 1.28. The molecular formula is C20H25N8O9P2S2-. The Morgan fingerprint density at radius 2 is 2.05 bits per heavy atom. The number of hydrogen-bond acceptors (Lipinski definition) is 16. The summed E-state index contributed by atoms with van der Waals surface area (Å²) in [6, 6.07) is 1.55. The van der Waals surface area contributed by atoms with Crippen LogP contribution in [-0.4, -0.2) is 83.2 Å². The number of aromatic amines is 1. The molecule has 3 aliphatic rings. The lowest BCUT2D eigenvalue weighted by Gasteiger charge is -2.32. The van der Waals surface area contributed by atoms with Crippen LogP contribution < -0.4 is 16.6 Å². The Morgan fingerprint density at radius 1 is 1.22 bits per heavy atom. The molecule has 2 unspecified atom stereocenters. The van der Waals surface area contributed by atoms with Gasteiger partial charge in [-0.15, -0.1) is 0 Å². The molecule has 41 heavy (non-hydrogen) atoms. The number of hydrogen-bond donors (Lipinski definition) is 5. The van der Waals surface area contributed by atoms with Crippen molar-refractivity contribution < 1.29 is 37.4 Å². The van der Waals surface area contributed by atoms with Gasteiger partial charge in [-0.05, 0) is 30.7 Å². The van der Waals surface area contributed by atoms with Crippen molar-refractivity contribution in [2.24, 2.45) is 5.92 Å². The molecule has 9 atom stereocenters. The van der Waals surface area contributed by atoms with Crippen molar-refractivity contribution in [2.75, 3.05) is 24.3 Å². The second-order valence-electron chi connectivity index (χ2n) is 9.72. The van der Waals surface area contributed by atoms with Crippen LogP contribution in [0.5, 0.6) is 0 Å². The third-order valence-electron chi connectivity index (χ3n) is 6.97. The largest absolute Gasteiger partial charge is 0.660 e. The number of ether oxygens (including phenoxy) is 1. The lowest BCUT2D eigenvalue weighted by atomic mass is 10.1. The maximum Gasteiger partial charge on any atom is 0.324 e. The van der Waals surface area contributed by atoms with E-state index in [0.29, 0.717) is 18.7 Å². The van der Waals surface area contributed by atoms with Gasteiger partial charge in [0.25, 0.3) is 5.56 Å². The zero-order chi connectivity index (χ0) is 28.9. The molecule has 0 amide bonds. The molecule has 3 fully saturated rings. The summed E-state index contributed by atoms with van der Waals surface area (Å²) >= 11 is 10.5. The Bertz CT molecular complexity index is 1580. The number of nitrogens with zero attached hydrogens (tertiary/aromatic N) is 5. The third-order valence-corrected chi connectivity index (χ3v) is 10.1. The highest BCUT2D eigenvalue weighted by Crippen LogP contribution is 2.55. The van der Waals surface area contributed by atoms with E-state index in [1.807, 2.05) is 0 Å². The fourth-order valence-electron chi connectivity index (χ4n) is 5.15. The molecule has 0 aromatic carbocycles. The molecule has 1 saturated carbocycles. The maximum absolute atomic E-state index is 13.4. The lowest BCUT2D eigenvalue weighted by molar-refractivity contribution is -0.0502. The first-order valence-electron chi connectivity index (χ1n) is 12.4. The van der Waals surface area contributed by atoms with E-state index in [1.165, 1.54) is 17.2 Å². The minimum Gasteiger partial charge on any atom is -0.660 e. The summed E-state index contributed by atoms with van der Waals surface area (Å²) in [5.41, 5.74) is 5.07. The van der Waals surface area contributed by atoms with E-state index in [1.54, 1.807) is 12.3 Å². The van der Waals surface area contributed by atoms with Gasteiger partial charge in [0.2, 0.25) is 5.95 Å². The predicted molar refractivity (Wildman–Crippen MR) is 148 cm³/mol. The number of fused-ring (bicyclic) bond motifs is 4. The van der Waals surface area contributed by atoms with Crippen molar-refractivity contribution in [3.63, 3.8) is 0 Å². The quantitative estimate of drug-likeness (QED) is 0.190. The number of aromatic nitrogens is 6. The van der Waals surface area contributed by atoms with Gasteiger partial charge >= 0.3 is 6.72 Å². The molecular weight excluding hydrogens is 622 g/mol. The fourth-order valence-corrected chi connectivity index (χ4v) is 8.11. The average Bonchev–Trinajstić information content (AvgIpc) is 3.57. The number of H-pyrrole nitrogens is 1. The van der Waals surface area contributed by atoms with Crippen molar-refractivity contribution in [3.05, 3.63) is 35.3 Å². The minimum absolute atomic E-state index is 0.0199. The van der Waals surface area contributed by atoms with E-state index in [2.05, 4.69) is 30.2 Å². The molecule has 2 aliphatic heterocycles. The molecule has 2 saturated heterocycles. The van der Waals surface area contributed by atoms with Crippen LogP contribution in [0, 0.1) is 5.92 Å². The molecule has 6 rings (SSSR count). The van der Waals surface area contributed by atoms with Gasteiger partial charge in [0.1, 0.15) is 30.5 Å². The van der Waals surface area contributed by atoms with E-state index < -0.39 is 62.2 Å². The SMILES string of the molecule is Nc1nc2c(ncn2[C@@H]2O[C@@H]3COP(O)(=S)O[C@H]4C[C@H](Nc5ccncn5)C[C@@H]4COP(=O)([S-])O[C@@H]2[C@@H]3O)c(=O)[nH]1. The molecule has 2 bridgehead atoms. The smallest absolute Gasteiger partial charge is 0.324 e. The van der Waals surface area contributed by atoms with E-state index in [-0.39, 0.29) is 29.8 Å². The average molecular weight is 648 g/mol. The number of anilines is 2. The van der Waals surface area contributed by atoms with Gasteiger partial charge in [0.05, 0.1) is 25.6 Å². The molecule has 222 valence electrons. The van der Waals surface area contributed by atoms with Crippen LogP contribution in [0.3, 0.4) is 0 Å². The predicted octanol–water partition coefficient (Wildman–Crippen LogP) is 0.330. The van der Waals surface area contributed by atoms with Crippen LogP contribution in [0.4, 0.5) is 11.8 Å². The van der Waals surface area contributed by atoms with Crippen LogP contribution in [0.2, 0.25) is 0 Å². The standard InChI is InChI=1S/C20H26N8O9P2S2/c21-20-26-17-14(18(30)27-20)24-8-28(17)19-16-15(29)12(35-19)6-34-38(31,40)36-11-4-10(25-13-1-2-22-7-23-13)3-9(11)5-33-39(32,41)37-16/h1-2,7-12,15-16,19,29H,3-6H2,(H,31,40)(H,32,41)(H,22,23,25)(H3,21,26,27,30)/p-1/t9-,10-,11+,12-,15-,16-,19-,38?,39?/m1/s1. The minimum atomic E-state index is -4.24. The number of nitrogen functional groups attached to an aromatic ring is 1. The first kappa shape index (κ1) is 29.1. The highest BCUT2D eigenvalue weighted by Gasteiger charge is 2.49. The summed E-state index contributed by atoms with van der Waals surface area (Å²) in [5, 5.41) is 14.4. The van der Waals surface area contributed by atoms with E-state index in [0.717, 1.165) is 0 Å². The normalized spacial score (nSPS) is 38.1. The zero-order valence-corrected chi connectivity index (χ0v) is 24.4. The number of imidazole rings is 1. The summed E-state index contributed by atoms with van der Waals surface area (Å²) in [7, 11) is 0. The second kappa shape index (κ2) is 11.2. The van der Waals surface area contributed by atoms with Crippen LogP contribution in [-0.2, 0) is 51.5 Å². The van der Waals surface area contributed by atoms with Crippen LogP contribution in [0.25, 0.3) is 11.2 Å². The molecule has 3 aromatic heterocycles. The Kier molecular flexibility index (Phi) is 7.97. The van der Waals surface area contributed by atoms with Gasteiger partial charge in [-0.2, -0.15) is 4.98 Å². The Morgan fingerprint density at radius 3 is 2.83 bits per heavy atom. The summed E-state index contributed by atoms with van der Waals surface area (Å²) in [6.45, 7) is -8.66. The lowest BCUT2D eigenvalue weighted by Crippen LogP contribution is -2.35. The molecule has 0 radical (unpaired) electrons. The van der Waals surface area contributed by atoms with Crippen LogP contribution >= 0.6 is 13.5 Å². The van der Waals surface area contributed by atoms with E-state index in [9.17, 15) is 19.4 Å². The molecule has 3 aromatic rings. The molecule has 21 heteroatoms. The summed E-state index contributed by atoms with van der Waals surface area (Å²) in [6.07, 6.45) is -0.772. The Labute approximate surface area is 242 Å². The monoisotopic (exact) mass is 647 g/mol. The molecule has 5 heterocycles. The van der Waals surface area contributed by atoms with Gasteiger partial charge in [0.15, 0.2) is 24.2 Å². The van der Waals surface area contributed by atoms with Crippen molar-refractivity contribution in [1.82, 2.24) is 29.5 Å². The highest BCUT2D eigenvalue weighted by atomic mass is 32.7. The highest BCUT2D eigenvalue weighted by molar-refractivity contribution is 8.32. The summed E-state index contributed by atoms with van der Waals surface area (Å²) < 4.78 is 43.4. The van der Waals surface area contributed by atoms with Gasteiger partial charge in [0, 0.05) is 18.2 Å². The summed E-state index contributed by atoms with van der Waals surface area (Å²) in [5.74, 6) is 0.00527. The van der Waals surface area contributed by atoms with Gasteiger partial charge in [-0.25, -0.2) is 15.0 Å². The van der Waals surface area contributed by atoms with Gasteiger partial charge < -0.3 is 56.1 Å².